The molecule has 0 radical (unpaired) electrons. The van der Waals surface area contributed by atoms with E-state index in [9.17, 15) is 4.79 Å². The van der Waals surface area contributed by atoms with Crippen molar-refractivity contribution in [1.29, 1.82) is 5.26 Å². The monoisotopic (exact) mass is 279 g/mol. The summed E-state index contributed by atoms with van der Waals surface area (Å²) in [5.74, 6) is 1.21. The molecule has 0 spiro atoms. The lowest BCUT2D eigenvalue weighted by atomic mass is 9.87. The molecule has 0 aromatic rings. The van der Waals surface area contributed by atoms with Gasteiger partial charge in [-0.1, -0.05) is 13.8 Å². The molecule has 0 bridgehead atoms. The quantitative estimate of drug-likeness (QED) is 0.859. The molecule has 1 aliphatic heterocycles. The van der Waals surface area contributed by atoms with Crippen LogP contribution in [-0.4, -0.2) is 36.0 Å². The predicted molar refractivity (Wildman–Crippen MR) is 81.0 cm³/mol. The minimum Gasteiger partial charge on any atom is -0.353 e. The molecule has 0 aromatic heterocycles. The minimum absolute atomic E-state index is 0.0792. The van der Waals surface area contributed by atoms with Crippen molar-refractivity contribution in [3.63, 3.8) is 0 Å². The predicted octanol–water partition coefficient (Wildman–Crippen LogP) is 2.41. The van der Waals surface area contributed by atoms with Gasteiger partial charge in [-0.15, -0.1) is 0 Å². The van der Waals surface area contributed by atoms with Crippen LogP contribution in [0.1, 0.15) is 48.0 Å². The Kier molecular flexibility index (Phi) is 5.21. The second kappa shape index (κ2) is 6.13. The van der Waals surface area contributed by atoms with Gasteiger partial charge in [0, 0.05) is 25.2 Å². The number of rotatable bonds is 4. The number of nitriles is 1. The van der Waals surface area contributed by atoms with Crippen molar-refractivity contribution < 1.29 is 4.79 Å². The van der Waals surface area contributed by atoms with Crippen LogP contribution in [0.5, 0.6) is 0 Å². The zero-order valence-electron chi connectivity index (χ0n) is 13.8. The Morgan fingerprint density at radius 1 is 1.25 bits per heavy atom. The summed E-state index contributed by atoms with van der Waals surface area (Å²) in [5, 5.41) is 11.9. The Balaban J connectivity index is 2.62. The van der Waals surface area contributed by atoms with Gasteiger partial charge in [-0.25, -0.2) is 0 Å². The summed E-state index contributed by atoms with van der Waals surface area (Å²) in [6.45, 7) is 14.9. The summed E-state index contributed by atoms with van der Waals surface area (Å²) in [7, 11) is 0. The third-order valence-corrected chi connectivity index (χ3v) is 4.25. The highest BCUT2D eigenvalue weighted by Gasteiger charge is 2.34. The number of hydrogen-bond donors (Lipinski definition) is 1. The number of hydrogen-bond acceptors (Lipinski definition) is 3. The van der Waals surface area contributed by atoms with E-state index in [1.54, 1.807) is 13.8 Å². The summed E-state index contributed by atoms with van der Waals surface area (Å²) in [6, 6.07) is 2.05. The lowest BCUT2D eigenvalue weighted by molar-refractivity contribution is -0.127. The standard InChI is InChI=1S/C16H29N3O/c1-12-7-13(2)9-19(8-12)16(5,6)11-18-14(20)15(3,4)10-17/h12-13H,7-9,11H2,1-6H3,(H,18,20). The molecule has 4 nitrogen and oxygen atoms in total. The molecule has 20 heavy (non-hydrogen) atoms. The van der Waals surface area contributed by atoms with Gasteiger partial charge < -0.3 is 5.32 Å². The largest absolute Gasteiger partial charge is 0.353 e. The van der Waals surface area contributed by atoms with Crippen LogP contribution >= 0.6 is 0 Å². The number of carbonyl (C=O) groups is 1. The molecule has 1 heterocycles. The molecule has 2 atom stereocenters. The maximum atomic E-state index is 12.0. The van der Waals surface area contributed by atoms with Gasteiger partial charge >= 0.3 is 0 Å². The SMILES string of the molecule is CC1CC(C)CN(C(C)(C)CNC(=O)C(C)(C)C#N)C1. The Morgan fingerprint density at radius 2 is 1.75 bits per heavy atom. The summed E-state index contributed by atoms with van der Waals surface area (Å²) in [4.78, 5) is 14.5. The summed E-state index contributed by atoms with van der Waals surface area (Å²) in [6.07, 6.45) is 1.28. The lowest BCUT2D eigenvalue weighted by Crippen LogP contribution is -2.57. The van der Waals surface area contributed by atoms with E-state index < -0.39 is 5.41 Å². The van der Waals surface area contributed by atoms with Crippen LogP contribution < -0.4 is 5.32 Å². The van der Waals surface area contributed by atoms with E-state index in [0.29, 0.717) is 18.4 Å². The summed E-state index contributed by atoms with van der Waals surface area (Å²) in [5.41, 5.74) is -1.04. The van der Waals surface area contributed by atoms with Crippen LogP contribution in [0, 0.1) is 28.6 Å². The van der Waals surface area contributed by atoms with Crippen LogP contribution in [-0.2, 0) is 4.79 Å². The van der Waals surface area contributed by atoms with Crippen molar-refractivity contribution in [3.8, 4) is 6.07 Å². The highest BCUT2D eigenvalue weighted by molar-refractivity contribution is 5.84. The van der Waals surface area contributed by atoms with Crippen molar-refractivity contribution in [2.24, 2.45) is 17.3 Å². The normalized spacial score (nSPS) is 25.1. The molecule has 0 aliphatic carbocycles. The van der Waals surface area contributed by atoms with Crippen molar-refractivity contribution in [3.05, 3.63) is 0 Å². The van der Waals surface area contributed by atoms with Gasteiger partial charge in [0.1, 0.15) is 5.41 Å². The van der Waals surface area contributed by atoms with Crippen LogP contribution in [0.25, 0.3) is 0 Å². The minimum atomic E-state index is -0.960. The fourth-order valence-corrected chi connectivity index (χ4v) is 2.84. The topological polar surface area (TPSA) is 56.1 Å². The van der Waals surface area contributed by atoms with Crippen molar-refractivity contribution in [1.82, 2.24) is 10.2 Å². The van der Waals surface area contributed by atoms with Gasteiger partial charge in [-0.3, -0.25) is 9.69 Å². The Bertz CT molecular complexity index is 385. The first-order valence-electron chi connectivity index (χ1n) is 7.53. The maximum Gasteiger partial charge on any atom is 0.239 e. The van der Waals surface area contributed by atoms with Crippen LogP contribution in [0.15, 0.2) is 0 Å². The number of carbonyl (C=O) groups excluding carboxylic acids is 1. The molecule has 1 fully saturated rings. The number of nitrogens with zero attached hydrogens (tertiary/aromatic N) is 2. The maximum absolute atomic E-state index is 12.0. The van der Waals surface area contributed by atoms with Gasteiger partial charge in [-0.05, 0) is 46.0 Å². The second-order valence-electron chi connectivity index (χ2n) is 7.58. The fraction of sp³-hybridized carbons (Fsp3) is 0.875. The first-order valence-corrected chi connectivity index (χ1v) is 7.53. The molecule has 1 N–H and O–H groups in total. The van der Waals surface area contributed by atoms with E-state index in [1.165, 1.54) is 6.42 Å². The third kappa shape index (κ3) is 4.21. The molecule has 2 unspecified atom stereocenters. The van der Waals surface area contributed by atoms with Gasteiger partial charge in [0.25, 0.3) is 0 Å². The number of piperidine rings is 1. The molecular weight excluding hydrogens is 250 g/mol. The first-order chi connectivity index (χ1) is 9.08. The van der Waals surface area contributed by atoms with Crippen molar-refractivity contribution in [2.75, 3.05) is 19.6 Å². The highest BCUT2D eigenvalue weighted by atomic mass is 16.2. The molecular formula is C16H29N3O. The number of nitrogens with one attached hydrogen (secondary N) is 1. The third-order valence-electron chi connectivity index (χ3n) is 4.25. The first kappa shape index (κ1) is 17.0. The molecule has 1 rings (SSSR count). The molecule has 114 valence electrons. The van der Waals surface area contributed by atoms with Gasteiger partial charge in [0.05, 0.1) is 6.07 Å². The fourth-order valence-electron chi connectivity index (χ4n) is 2.84. The van der Waals surface area contributed by atoms with E-state index in [4.69, 9.17) is 5.26 Å². The summed E-state index contributed by atoms with van der Waals surface area (Å²) >= 11 is 0. The average molecular weight is 279 g/mol. The number of amides is 1. The second-order valence-corrected chi connectivity index (χ2v) is 7.58. The molecule has 1 saturated heterocycles. The Labute approximate surface area is 123 Å². The zero-order chi connectivity index (χ0) is 15.6. The molecule has 4 heteroatoms. The van der Waals surface area contributed by atoms with Crippen molar-refractivity contribution in [2.45, 2.75) is 53.5 Å². The van der Waals surface area contributed by atoms with E-state index in [0.717, 1.165) is 13.1 Å². The van der Waals surface area contributed by atoms with Gasteiger partial charge in [0.2, 0.25) is 5.91 Å². The smallest absolute Gasteiger partial charge is 0.239 e. The van der Waals surface area contributed by atoms with Crippen molar-refractivity contribution >= 4 is 5.91 Å². The van der Waals surface area contributed by atoms with E-state index in [2.05, 4.69) is 37.9 Å². The van der Waals surface area contributed by atoms with Crippen LogP contribution in [0.4, 0.5) is 0 Å². The van der Waals surface area contributed by atoms with E-state index in [1.807, 2.05) is 6.07 Å². The van der Waals surface area contributed by atoms with Gasteiger partial charge in [-0.2, -0.15) is 5.26 Å². The van der Waals surface area contributed by atoms with Gasteiger partial charge in [0.15, 0.2) is 0 Å². The van der Waals surface area contributed by atoms with E-state index in [-0.39, 0.29) is 11.4 Å². The summed E-state index contributed by atoms with van der Waals surface area (Å²) < 4.78 is 0. The van der Waals surface area contributed by atoms with E-state index >= 15 is 0 Å². The van der Waals surface area contributed by atoms with Crippen LogP contribution in [0.2, 0.25) is 0 Å². The zero-order valence-corrected chi connectivity index (χ0v) is 13.8. The Hall–Kier alpha value is -1.08. The Morgan fingerprint density at radius 3 is 2.20 bits per heavy atom. The highest BCUT2D eigenvalue weighted by Crippen LogP contribution is 2.27. The average Bonchev–Trinajstić information content (AvgIpc) is 2.34. The molecule has 0 aromatic carbocycles. The number of likely N-dealkylation sites (tertiary alicyclic amines) is 1. The lowest BCUT2D eigenvalue weighted by Gasteiger charge is -2.45. The molecule has 1 amide bonds. The molecule has 0 saturated carbocycles. The van der Waals surface area contributed by atoms with Crippen LogP contribution in [0.3, 0.4) is 0 Å². The molecule has 1 aliphatic rings.